The van der Waals surface area contributed by atoms with E-state index < -0.39 is 0 Å². The van der Waals surface area contributed by atoms with E-state index in [0.717, 1.165) is 0 Å². The molecule has 3 aromatic rings. The van der Waals surface area contributed by atoms with Crippen LogP contribution < -0.4 is 10.2 Å². The van der Waals surface area contributed by atoms with Gasteiger partial charge in [-0.3, -0.25) is 14.2 Å². The Bertz CT molecular complexity index is 995. The van der Waals surface area contributed by atoms with Crippen LogP contribution in [0.3, 0.4) is 0 Å². The number of thiazole rings is 1. The van der Waals surface area contributed by atoms with Gasteiger partial charge < -0.3 is 5.11 Å². The molecule has 0 aliphatic rings. The third-order valence-electron chi connectivity index (χ3n) is 3.52. The zero-order chi connectivity index (χ0) is 18.5. The maximum atomic E-state index is 12.3. The molecular weight excluding hydrogens is 374 g/mol. The number of benzene rings is 2. The van der Waals surface area contributed by atoms with E-state index in [9.17, 15) is 14.7 Å². The number of carbonyl (C=O) groups is 2. The molecule has 0 saturated carbocycles. The molecule has 6 nitrogen and oxygen atoms in total. The average Bonchev–Trinajstić information content (AvgIpc) is 3.10. The monoisotopic (exact) mass is 387 g/mol. The number of rotatable bonds is 4. The lowest BCUT2D eigenvalue weighted by molar-refractivity contribution is 0.0926. The van der Waals surface area contributed by atoms with Crippen molar-refractivity contribution in [1.82, 2.24) is 9.99 Å². The molecule has 8 heteroatoms. The number of nitrogens with one attached hydrogen (secondary N) is 1. The Hall–Kier alpha value is -2.90. The maximum absolute atomic E-state index is 12.3. The van der Waals surface area contributed by atoms with Gasteiger partial charge >= 0.3 is 0 Å². The molecule has 0 bridgehead atoms. The topological polar surface area (TPSA) is 83.7 Å². The minimum Gasteiger partial charge on any atom is -0.508 e. The fourth-order valence-corrected chi connectivity index (χ4v) is 3.26. The second-order valence-corrected chi connectivity index (χ2v) is 6.34. The van der Waals surface area contributed by atoms with E-state index in [1.165, 1.54) is 28.0 Å². The van der Waals surface area contributed by atoms with Crippen LogP contribution in [0, 0.1) is 0 Å². The summed E-state index contributed by atoms with van der Waals surface area (Å²) in [6, 6.07) is 15.1. The SMILES string of the molecule is O=C(NN=c1scc(-c2ccc(O)cc2)n1C(=O)CCl)c1ccccc1. The molecule has 0 aliphatic heterocycles. The van der Waals surface area contributed by atoms with E-state index in [4.69, 9.17) is 11.6 Å². The van der Waals surface area contributed by atoms with Gasteiger partial charge in [0.05, 0.1) is 5.69 Å². The summed E-state index contributed by atoms with van der Waals surface area (Å²) in [6.07, 6.45) is 0. The standard InChI is InChI=1S/C18H14ClN3O3S/c19-10-16(24)22-15(12-6-8-14(23)9-7-12)11-26-18(22)21-20-17(25)13-4-2-1-3-5-13/h1-9,11,23H,10H2,(H,20,25). The highest BCUT2D eigenvalue weighted by Crippen LogP contribution is 2.22. The maximum Gasteiger partial charge on any atom is 0.271 e. The molecule has 3 rings (SSSR count). The van der Waals surface area contributed by atoms with E-state index in [0.29, 0.717) is 21.6 Å². The second-order valence-electron chi connectivity index (χ2n) is 5.23. The molecule has 0 aliphatic carbocycles. The number of aromatic hydroxyl groups is 1. The quantitative estimate of drug-likeness (QED) is 0.533. The fourth-order valence-electron chi connectivity index (χ4n) is 2.28. The predicted molar refractivity (Wildman–Crippen MR) is 100 cm³/mol. The van der Waals surface area contributed by atoms with Crippen LogP contribution in [0.1, 0.15) is 15.2 Å². The average molecular weight is 388 g/mol. The minimum atomic E-state index is -0.380. The molecule has 0 saturated heterocycles. The fraction of sp³-hybridized carbons (Fsp3) is 0.0556. The van der Waals surface area contributed by atoms with Crippen molar-refractivity contribution in [3.63, 3.8) is 0 Å². The smallest absolute Gasteiger partial charge is 0.271 e. The van der Waals surface area contributed by atoms with Gasteiger partial charge in [-0.25, -0.2) is 5.43 Å². The van der Waals surface area contributed by atoms with Gasteiger partial charge in [-0.1, -0.05) is 18.2 Å². The lowest BCUT2D eigenvalue weighted by atomic mass is 10.1. The molecular formula is C18H14ClN3O3S. The summed E-state index contributed by atoms with van der Waals surface area (Å²) in [5.41, 5.74) is 4.20. The van der Waals surface area contributed by atoms with Gasteiger partial charge in [0.2, 0.25) is 10.7 Å². The van der Waals surface area contributed by atoms with E-state index in [1.807, 2.05) is 6.07 Å². The first-order valence-corrected chi connectivity index (χ1v) is 9.00. The van der Waals surface area contributed by atoms with E-state index in [1.54, 1.807) is 41.8 Å². The Balaban J connectivity index is 1.98. The van der Waals surface area contributed by atoms with Crippen molar-refractivity contribution < 1.29 is 14.7 Å². The first kappa shape index (κ1) is 17.9. The highest BCUT2D eigenvalue weighted by atomic mass is 35.5. The van der Waals surface area contributed by atoms with Crippen LogP contribution in [-0.4, -0.2) is 27.4 Å². The highest BCUT2D eigenvalue weighted by molar-refractivity contribution is 7.07. The number of phenols is 1. The molecule has 2 aromatic carbocycles. The zero-order valence-electron chi connectivity index (χ0n) is 13.4. The van der Waals surface area contributed by atoms with Crippen LogP contribution >= 0.6 is 22.9 Å². The van der Waals surface area contributed by atoms with Crippen molar-refractivity contribution in [2.75, 3.05) is 5.88 Å². The lowest BCUT2D eigenvalue weighted by Gasteiger charge is -2.06. The largest absolute Gasteiger partial charge is 0.508 e. The Labute approximate surface area is 158 Å². The first-order chi connectivity index (χ1) is 12.6. The second kappa shape index (κ2) is 7.99. The number of hydrogen-bond donors (Lipinski definition) is 2. The van der Waals surface area contributed by atoms with Crippen molar-refractivity contribution in [2.24, 2.45) is 5.10 Å². The van der Waals surface area contributed by atoms with Crippen LogP contribution in [0.25, 0.3) is 11.3 Å². The van der Waals surface area contributed by atoms with Gasteiger partial charge in [0.25, 0.3) is 5.91 Å². The van der Waals surface area contributed by atoms with Crippen molar-refractivity contribution in [3.05, 3.63) is 70.3 Å². The molecule has 132 valence electrons. The van der Waals surface area contributed by atoms with Crippen molar-refractivity contribution in [3.8, 4) is 17.0 Å². The number of phenolic OH excluding ortho intramolecular Hbond substituents is 1. The van der Waals surface area contributed by atoms with Gasteiger partial charge in [-0.2, -0.15) is 0 Å². The number of aromatic nitrogens is 1. The summed E-state index contributed by atoms with van der Waals surface area (Å²) < 4.78 is 1.34. The molecule has 26 heavy (non-hydrogen) atoms. The molecule has 0 unspecified atom stereocenters. The molecule has 1 heterocycles. The summed E-state index contributed by atoms with van der Waals surface area (Å²) in [5, 5.41) is 15.2. The predicted octanol–water partition coefficient (Wildman–Crippen LogP) is 3.05. The van der Waals surface area contributed by atoms with Gasteiger partial charge in [-0.05, 0) is 42.0 Å². The van der Waals surface area contributed by atoms with Gasteiger partial charge in [0, 0.05) is 10.9 Å². The number of alkyl halides is 1. The van der Waals surface area contributed by atoms with E-state index >= 15 is 0 Å². The summed E-state index contributed by atoms with van der Waals surface area (Å²) in [7, 11) is 0. The summed E-state index contributed by atoms with van der Waals surface area (Å²) >= 11 is 6.92. The minimum absolute atomic E-state index is 0.124. The van der Waals surface area contributed by atoms with Crippen LogP contribution in [0.15, 0.2) is 65.1 Å². The molecule has 2 N–H and O–H groups in total. The van der Waals surface area contributed by atoms with Gasteiger partial charge in [0.1, 0.15) is 11.6 Å². The van der Waals surface area contributed by atoms with Crippen molar-refractivity contribution in [2.45, 2.75) is 0 Å². The number of halogens is 1. The number of amides is 1. The Morgan fingerprint density at radius 2 is 1.81 bits per heavy atom. The molecule has 0 atom stereocenters. The van der Waals surface area contributed by atoms with Crippen molar-refractivity contribution >= 4 is 34.8 Å². The van der Waals surface area contributed by atoms with Gasteiger partial charge in [0.15, 0.2) is 0 Å². The number of carbonyl (C=O) groups excluding carboxylic acids is 2. The molecule has 1 amide bonds. The third kappa shape index (κ3) is 3.84. The third-order valence-corrected chi connectivity index (χ3v) is 4.58. The van der Waals surface area contributed by atoms with Gasteiger partial charge in [-0.15, -0.1) is 28.0 Å². The van der Waals surface area contributed by atoms with Crippen molar-refractivity contribution in [1.29, 1.82) is 0 Å². The van der Waals surface area contributed by atoms with Crippen LogP contribution in [0.4, 0.5) is 0 Å². The molecule has 1 aromatic heterocycles. The molecule has 0 spiro atoms. The Kier molecular flexibility index (Phi) is 5.50. The Morgan fingerprint density at radius 1 is 1.12 bits per heavy atom. The highest BCUT2D eigenvalue weighted by Gasteiger charge is 2.14. The van der Waals surface area contributed by atoms with Crippen LogP contribution in [0.5, 0.6) is 5.75 Å². The number of nitrogens with zero attached hydrogens (tertiary/aromatic N) is 2. The summed E-state index contributed by atoms with van der Waals surface area (Å²) in [6.45, 7) is 0. The Morgan fingerprint density at radius 3 is 2.46 bits per heavy atom. The summed E-state index contributed by atoms with van der Waals surface area (Å²) in [5.74, 6) is -0.861. The normalized spacial score (nSPS) is 11.3. The van der Waals surface area contributed by atoms with E-state index in [-0.39, 0.29) is 23.4 Å². The molecule has 0 fully saturated rings. The van der Waals surface area contributed by atoms with Crippen LogP contribution in [0.2, 0.25) is 0 Å². The lowest BCUT2D eigenvalue weighted by Crippen LogP contribution is -2.29. The zero-order valence-corrected chi connectivity index (χ0v) is 15.0. The summed E-state index contributed by atoms with van der Waals surface area (Å²) in [4.78, 5) is 24.7. The molecule has 0 radical (unpaired) electrons. The number of hydrogen-bond acceptors (Lipinski definition) is 5. The first-order valence-electron chi connectivity index (χ1n) is 7.58. The van der Waals surface area contributed by atoms with E-state index in [2.05, 4.69) is 10.5 Å². The van der Waals surface area contributed by atoms with Crippen LogP contribution in [-0.2, 0) is 0 Å².